The van der Waals surface area contributed by atoms with Gasteiger partial charge in [-0.3, -0.25) is 0 Å². The fourth-order valence-corrected chi connectivity index (χ4v) is 4.09. The van der Waals surface area contributed by atoms with Gasteiger partial charge in [-0.2, -0.15) is 0 Å². The molecule has 1 fully saturated rings. The summed E-state index contributed by atoms with van der Waals surface area (Å²) in [5.74, 6) is 0.325. The first-order chi connectivity index (χ1) is 9.44. The van der Waals surface area contributed by atoms with Crippen LogP contribution in [-0.4, -0.2) is 44.1 Å². The zero-order valence-corrected chi connectivity index (χ0v) is 13.2. The lowest BCUT2D eigenvalue weighted by atomic mass is 10.1. The van der Waals surface area contributed by atoms with Crippen LogP contribution in [-0.2, 0) is 9.84 Å². The van der Waals surface area contributed by atoms with Gasteiger partial charge in [-0.25, -0.2) is 8.42 Å². The van der Waals surface area contributed by atoms with Crippen molar-refractivity contribution in [3.8, 4) is 0 Å². The predicted octanol–water partition coefficient (Wildman–Crippen LogP) is 1.17. The first-order valence-electron chi connectivity index (χ1n) is 6.16. The van der Waals surface area contributed by atoms with E-state index < -0.39 is 9.84 Å². The lowest BCUT2D eigenvalue weighted by Gasteiger charge is -2.25. The van der Waals surface area contributed by atoms with Crippen molar-refractivity contribution in [1.82, 2.24) is 0 Å². The van der Waals surface area contributed by atoms with Crippen LogP contribution in [0, 0.1) is 0 Å². The molecule has 0 aliphatic carbocycles. The van der Waals surface area contributed by atoms with E-state index in [1.807, 2.05) is 17.0 Å². The number of rotatable bonds is 2. The molecule has 1 aromatic rings. The summed E-state index contributed by atoms with van der Waals surface area (Å²) in [6.45, 7) is 1.03. The van der Waals surface area contributed by atoms with E-state index in [0.29, 0.717) is 29.5 Å². The van der Waals surface area contributed by atoms with E-state index in [-0.39, 0.29) is 17.3 Å². The van der Waals surface area contributed by atoms with Gasteiger partial charge in [0.15, 0.2) is 15.7 Å². The van der Waals surface area contributed by atoms with Crippen LogP contribution in [0.4, 0.5) is 5.69 Å². The number of sulfone groups is 1. The van der Waals surface area contributed by atoms with Crippen molar-refractivity contribution in [1.29, 1.82) is 0 Å². The zero-order valence-electron chi connectivity index (χ0n) is 10.8. The summed E-state index contributed by atoms with van der Waals surface area (Å²) >= 11 is 3.38. The highest BCUT2D eigenvalue weighted by molar-refractivity contribution is 9.10. The summed E-state index contributed by atoms with van der Waals surface area (Å²) < 4.78 is 24.0. The van der Waals surface area contributed by atoms with Gasteiger partial charge in [-0.15, -0.1) is 0 Å². The molecule has 110 valence electrons. The molecule has 2 rings (SSSR count). The van der Waals surface area contributed by atoms with E-state index in [0.717, 1.165) is 5.69 Å². The first kappa shape index (κ1) is 15.1. The fourth-order valence-electron chi connectivity index (χ4n) is 2.26. The number of oxime groups is 1. The average molecular weight is 362 g/mol. The van der Waals surface area contributed by atoms with Gasteiger partial charge in [-0.05, 0) is 34.5 Å². The smallest absolute Gasteiger partial charge is 0.173 e. The highest BCUT2D eigenvalue weighted by Crippen LogP contribution is 2.28. The number of amidine groups is 1. The molecule has 1 heterocycles. The molecule has 0 atom stereocenters. The van der Waals surface area contributed by atoms with Gasteiger partial charge in [-0.1, -0.05) is 11.2 Å². The molecular weight excluding hydrogens is 346 g/mol. The van der Waals surface area contributed by atoms with Gasteiger partial charge in [0.25, 0.3) is 0 Å². The highest BCUT2D eigenvalue weighted by Gasteiger charge is 2.22. The van der Waals surface area contributed by atoms with Gasteiger partial charge in [0.2, 0.25) is 0 Å². The topological polar surface area (TPSA) is 96.0 Å². The summed E-state index contributed by atoms with van der Waals surface area (Å²) in [6, 6.07) is 5.48. The Morgan fingerprint density at radius 2 is 2.10 bits per heavy atom. The number of halogens is 1. The van der Waals surface area contributed by atoms with Crippen molar-refractivity contribution in [2.45, 2.75) is 6.42 Å². The lowest BCUT2D eigenvalue weighted by molar-refractivity contribution is 0.318. The van der Waals surface area contributed by atoms with Gasteiger partial charge in [0.05, 0.1) is 17.1 Å². The Kier molecular flexibility index (Phi) is 4.54. The molecule has 0 aromatic heterocycles. The Balaban J connectivity index is 2.40. The Labute approximate surface area is 126 Å². The van der Waals surface area contributed by atoms with Gasteiger partial charge >= 0.3 is 0 Å². The van der Waals surface area contributed by atoms with E-state index in [4.69, 9.17) is 10.9 Å². The minimum atomic E-state index is -2.97. The lowest BCUT2D eigenvalue weighted by Crippen LogP contribution is -2.29. The largest absolute Gasteiger partial charge is 0.409 e. The maximum atomic E-state index is 11.7. The number of anilines is 1. The summed E-state index contributed by atoms with van der Waals surface area (Å²) in [7, 11) is -2.97. The second-order valence-electron chi connectivity index (χ2n) is 4.61. The molecular formula is C12H16BrN3O3S. The molecule has 8 heteroatoms. The van der Waals surface area contributed by atoms with Crippen LogP contribution in [0.25, 0.3) is 0 Å². The van der Waals surface area contributed by atoms with Crippen LogP contribution in [0.15, 0.2) is 27.8 Å². The minimum Gasteiger partial charge on any atom is -0.409 e. The van der Waals surface area contributed by atoms with Gasteiger partial charge in [0.1, 0.15) is 0 Å². The number of hydrogen-bond donors (Lipinski definition) is 2. The molecule has 0 radical (unpaired) electrons. The molecule has 6 nitrogen and oxygen atoms in total. The van der Waals surface area contributed by atoms with Crippen LogP contribution in [0.5, 0.6) is 0 Å². The van der Waals surface area contributed by atoms with Crippen molar-refractivity contribution in [3.63, 3.8) is 0 Å². The minimum absolute atomic E-state index is 0.000390. The van der Waals surface area contributed by atoms with E-state index in [2.05, 4.69) is 21.1 Å². The number of nitrogens with zero attached hydrogens (tertiary/aromatic N) is 2. The molecule has 1 aliphatic rings. The van der Waals surface area contributed by atoms with Crippen LogP contribution >= 0.6 is 15.9 Å². The number of nitrogens with two attached hydrogens (primary N) is 1. The van der Waals surface area contributed by atoms with Crippen LogP contribution in [0.2, 0.25) is 0 Å². The molecule has 1 saturated heterocycles. The predicted molar refractivity (Wildman–Crippen MR) is 82.1 cm³/mol. The van der Waals surface area contributed by atoms with E-state index in [1.165, 1.54) is 0 Å². The molecule has 0 spiro atoms. The number of hydrogen-bond acceptors (Lipinski definition) is 5. The SMILES string of the molecule is N/C(=N/O)c1c(Br)cccc1N1CCCS(=O)(=O)CC1. The van der Waals surface area contributed by atoms with Gasteiger partial charge < -0.3 is 15.8 Å². The molecule has 3 N–H and O–H groups in total. The Morgan fingerprint density at radius 3 is 2.80 bits per heavy atom. The maximum Gasteiger partial charge on any atom is 0.173 e. The van der Waals surface area contributed by atoms with E-state index >= 15 is 0 Å². The third-order valence-electron chi connectivity index (χ3n) is 3.25. The van der Waals surface area contributed by atoms with E-state index in [9.17, 15) is 8.42 Å². The molecule has 0 unspecified atom stereocenters. The fraction of sp³-hybridized carbons (Fsp3) is 0.417. The number of benzene rings is 1. The molecule has 0 saturated carbocycles. The third kappa shape index (κ3) is 3.24. The second-order valence-corrected chi connectivity index (χ2v) is 7.77. The van der Waals surface area contributed by atoms with Crippen LogP contribution < -0.4 is 10.6 Å². The van der Waals surface area contributed by atoms with Crippen molar-refractivity contribution in [3.05, 3.63) is 28.2 Å². The van der Waals surface area contributed by atoms with Crippen LogP contribution in [0.3, 0.4) is 0 Å². The van der Waals surface area contributed by atoms with Crippen molar-refractivity contribution in [2.75, 3.05) is 29.5 Å². The average Bonchev–Trinajstić information content (AvgIpc) is 2.58. The van der Waals surface area contributed by atoms with Crippen LogP contribution in [0.1, 0.15) is 12.0 Å². The van der Waals surface area contributed by atoms with Gasteiger partial charge in [0, 0.05) is 23.2 Å². The Hall–Kier alpha value is -1.28. The molecule has 1 aliphatic heterocycles. The Morgan fingerprint density at radius 1 is 1.35 bits per heavy atom. The summed E-state index contributed by atoms with van der Waals surface area (Å²) in [5.41, 5.74) is 7.07. The Bertz CT molecular complexity index is 631. The summed E-state index contributed by atoms with van der Waals surface area (Å²) in [6.07, 6.45) is 0.574. The monoisotopic (exact) mass is 361 g/mol. The quantitative estimate of drug-likeness (QED) is 0.356. The molecule has 0 amide bonds. The maximum absolute atomic E-state index is 11.7. The summed E-state index contributed by atoms with van der Waals surface area (Å²) in [5, 5.41) is 11.9. The molecule has 0 bridgehead atoms. The molecule has 20 heavy (non-hydrogen) atoms. The first-order valence-corrected chi connectivity index (χ1v) is 8.78. The zero-order chi connectivity index (χ0) is 14.8. The summed E-state index contributed by atoms with van der Waals surface area (Å²) in [4.78, 5) is 1.96. The normalized spacial score (nSPS) is 19.6. The molecule has 1 aromatic carbocycles. The third-order valence-corrected chi connectivity index (χ3v) is 5.63. The second kappa shape index (κ2) is 6.01. The van der Waals surface area contributed by atoms with Crippen molar-refractivity contribution >= 4 is 37.3 Å². The van der Waals surface area contributed by atoms with Crippen molar-refractivity contribution < 1.29 is 13.6 Å². The van der Waals surface area contributed by atoms with E-state index in [1.54, 1.807) is 6.07 Å². The highest BCUT2D eigenvalue weighted by atomic mass is 79.9. The van der Waals surface area contributed by atoms with Crippen molar-refractivity contribution in [2.24, 2.45) is 10.9 Å². The standard InChI is InChI=1S/C12H16BrN3O3S/c13-9-3-1-4-10(11(9)12(14)15-17)16-5-2-7-20(18,19)8-6-16/h1,3-4,17H,2,5-8H2,(H2,14,15).